The van der Waals surface area contributed by atoms with Gasteiger partial charge in [0.05, 0.1) is 18.3 Å². The lowest BCUT2D eigenvalue weighted by molar-refractivity contribution is -0.136. The summed E-state index contributed by atoms with van der Waals surface area (Å²) in [7, 11) is 0. The summed E-state index contributed by atoms with van der Waals surface area (Å²) >= 11 is 0. The average Bonchev–Trinajstić information content (AvgIpc) is 3.27. The normalized spacial score (nSPS) is 11.8. The molecule has 1 amide bonds. The van der Waals surface area contributed by atoms with E-state index in [1.165, 1.54) is 6.20 Å². The lowest BCUT2D eigenvalue weighted by Gasteiger charge is -2.21. The fraction of sp³-hybridized carbons (Fsp3) is 0.346. The molecule has 0 bridgehead atoms. The van der Waals surface area contributed by atoms with Crippen molar-refractivity contribution in [2.45, 2.75) is 52.8 Å². The van der Waals surface area contributed by atoms with Crippen LogP contribution in [0.5, 0.6) is 5.75 Å². The molecule has 8 heteroatoms. The van der Waals surface area contributed by atoms with E-state index in [0.717, 1.165) is 41.0 Å². The number of nitrogens with one attached hydrogen (secondary N) is 1. The molecule has 0 aliphatic rings. The van der Waals surface area contributed by atoms with E-state index in [1.807, 2.05) is 38.1 Å². The molecule has 34 heavy (non-hydrogen) atoms. The zero-order valence-corrected chi connectivity index (χ0v) is 19.7. The Balaban J connectivity index is 1.75. The number of nitrogens with zero attached hydrogens (tertiary/aromatic N) is 2. The molecule has 2 N–H and O–H groups in total. The highest BCUT2D eigenvalue weighted by molar-refractivity contribution is 5.94. The maximum Gasteiger partial charge on any atom is 0.305 e. The number of alkyl halides is 1. The summed E-state index contributed by atoms with van der Waals surface area (Å²) in [5.41, 5.74) is 4.77. The number of aromatic nitrogens is 2. The SMILES string of the molecule is CCC[C@H](Oc1cc(C)c(-n2cc(CF)cn2)c(C)c1)c1ccc(C(=O)NCCC(=O)O)cc1. The smallest absolute Gasteiger partial charge is 0.305 e. The molecule has 1 atom stereocenters. The fourth-order valence-electron chi connectivity index (χ4n) is 3.85. The van der Waals surface area contributed by atoms with Crippen LogP contribution in [-0.2, 0) is 11.5 Å². The van der Waals surface area contributed by atoms with Crippen LogP contribution < -0.4 is 10.1 Å². The molecule has 0 aliphatic heterocycles. The van der Waals surface area contributed by atoms with E-state index in [9.17, 15) is 14.0 Å². The van der Waals surface area contributed by atoms with Gasteiger partial charge >= 0.3 is 5.97 Å². The third-order valence-corrected chi connectivity index (χ3v) is 5.48. The average molecular weight is 468 g/mol. The van der Waals surface area contributed by atoms with Crippen molar-refractivity contribution in [3.05, 3.63) is 76.6 Å². The molecule has 2 aromatic carbocycles. The van der Waals surface area contributed by atoms with Gasteiger partial charge in [0.15, 0.2) is 0 Å². The number of amides is 1. The number of carbonyl (C=O) groups is 2. The van der Waals surface area contributed by atoms with Gasteiger partial charge in [-0.15, -0.1) is 0 Å². The molecule has 7 nitrogen and oxygen atoms in total. The van der Waals surface area contributed by atoms with Crippen molar-refractivity contribution in [3.8, 4) is 11.4 Å². The highest BCUT2D eigenvalue weighted by Gasteiger charge is 2.16. The summed E-state index contributed by atoms with van der Waals surface area (Å²) in [5.74, 6) is -0.537. The molecule has 0 spiro atoms. The Labute approximate surface area is 198 Å². The third-order valence-electron chi connectivity index (χ3n) is 5.48. The monoisotopic (exact) mass is 467 g/mol. The molecule has 0 radical (unpaired) electrons. The Morgan fingerprint density at radius 1 is 1.18 bits per heavy atom. The van der Waals surface area contributed by atoms with Gasteiger partial charge in [-0.1, -0.05) is 25.5 Å². The van der Waals surface area contributed by atoms with Crippen LogP contribution in [0.2, 0.25) is 0 Å². The van der Waals surface area contributed by atoms with Crippen LogP contribution in [-0.4, -0.2) is 33.3 Å². The van der Waals surface area contributed by atoms with Crippen LogP contribution >= 0.6 is 0 Å². The van der Waals surface area contributed by atoms with Gasteiger partial charge in [0, 0.05) is 23.9 Å². The van der Waals surface area contributed by atoms with Crippen molar-refractivity contribution in [1.29, 1.82) is 0 Å². The quantitative estimate of drug-likeness (QED) is 0.410. The zero-order chi connectivity index (χ0) is 24.7. The van der Waals surface area contributed by atoms with Crippen molar-refractivity contribution in [3.63, 3.8) is 0 Å². The first-order valence-electron chi connectivity index (χ1n) is 11.3. The number of carboxylic acids is 1. The van der Waals surface area contributed by atoms with Gasteiger partial charge in [-0.2, -0.15) is 5.10 Å². The van der Waals surface area contributed by atoms with Crippen LogP contribution in [0.1, 0.15) is 64.9 Å². The van der Waals surface area contributed by atoms with Crippen molar-refractivity contribution < 1.29 is 23.8 Å². The number of hydrogen-bond donors (Lipinski definition) is 2. The summed E-state index contributed by atoms with van der Waals surface area (Å²) < 4.78 is 21.0. The number of hydrogen-bond acceptors (Lipinski definition) is 4. The minimum atomic E-state index is -0.956. The zero-order valence-electron chi connectivity index (χ0n) is 19.7. The van der Waals surface area contributed by atoms with Gasteiger partial charge in [0.1, 0.15) is 18.5 Å². The molecule has 3 rings (SSSR count). The first kappa shape index (κ1) is 25.0. The van der Waals surface area contributed by atoms with Crippen LogP contribution in [0.15, 0.2) is 48.8 Å². The van der Waals surface area contributed by atoms with Gasteiger partial charge in [0.25, 0.3) is 5.91 Å². The van der Waals surface area contributed by atoms with Crippen molar-refractivity contribution >= 4 is 11.9 Å². The fourth-order valence-corrected chi connectivity index (χ4v) is 3.85. The van der Waals surface area contributed by atoms with E-state index in [4.69, 9.17) is 9.84 Å². The Hall–Kier alpha value is -3.68. The molecule has 180 valence electrons. The number of ether oxygens (including phenoxy) is 1. The number of aliphatic carboxylic acids is 1. The lowest BCUT2D eigenvalue weighted by atomic mass is 10.0. The number of aryl methyl sites for hydroxylation is 2. The van der Waals surface area contributed by atoms with Crippen molar-refractivity contribution in [2.75, 3.05) is 6.54 Å². The lowest BCUT2D eigenvalue weighted by Crippen LogP contribution is -2.26. The highest BCUT2D eigenvalue weighted by atomic mass is 19.1. The predicted octanol–water partition coefficient (Wildman–Crippen LogP) is 5.08. The van der Waals surface area contributed by atoms with Gasteiger partial charge in [-0.25, -0.2) is 9.07 Å². The third kappa shape index (κ3) is 6.21. The van der Waals surface area contributed by atoms with E-state index in [0.29, 0.717) is 11.1 Å². The van der Waals surface area contributed by atoms with Gasteiger partial charge in [-0.05, 0) is 61.2 Å². The highest BCUT2D eigenvalue weighted by Crippen LogP contribution is 2.31. The van der Waals surface area contributed by atoms with E-state index in [2.05, 4.69) is 17.3 Å². The van der Waals surface area contributed by atoms with Crippen LogP contribution in [0, 0.1) is 13.8 Å². The van der Waals surface area contributed by atoms with E-state index in [1.54, 1.807) is 23.0 Å². The second kappa shape index (κ2) is 11.4. The van der Waals surface area contributed by atoms with Crippen LogP contribution in [0.4, 0.5) is 4.39 Å². The number of carboxylic acid groups (broad SMARTS) is 1. The summed E-state index contributed by atoms with van der Waals surface area (Å²) in [6.45, 7) is 5.55. The van der Waals surface area contributed by atoms with Gasteiger partial charge < -0.3 is 15.2 Å². The Morgan fingerprint density at radius 3 is 2.41 bits per heavy atom. The first-order chi connectivity index (χ1) is 16.3. The summed E-state index contributed by atoms with van der Waals surface area (Å²) in [6, 6.07) is 11.1. The summed E-state index contributed by atoms with van der Waals surface area (Å²) in [4.78, 5) is 22.8. The predicted molar refractivity (Wildman–Crippen MR) is 127 cm³/mol. The van der Waals surface area contributed by atoms with Crippen molar-refractivity contribution in [2.24, 2.45) is 0 Å². The maximum absolute atomic E-state index is 12.9. The van der Waals surface area contributed by atoms with Gasteiger partial charge in [-0.3, -0.25) is 9.59 Å². The number of carbonyl (C=O) groups excluding carboxylic acids is 1. The van der Waals surface area contributed by atoms with Crippen LogP contribution in [0.25, 0.3) is 5.69 Å². The second-order valence-corrected chi connectivity index (χ2v) is 8.25. The molecular weight excluding hydrogens is 437 g/mol. The Bertz CT molecular complexity index is 1120. The molecule has 0 unspecified atom stereocenters. The Morgan fingerprint density at radius 2 is 1.85 bits per heavy atom. The topological polar surface area (TPSA) is 93.5 Å². The number of halogens is 1. The van der Waals surface area contributed by atoms with E-state index >= 15 is 0 Å². The van der Waals surface area contributed by atoms with Crippen LogP contribution in [0.3, 0.4) is 0 Å². The molecule has 1 heterocycles. The largest absolute Gasteiger partial charge is 0.486 e. The summed E-state index contributed by atoms with van der Waals surface area (Å²) in [6.07, 6.45) is 4.61. The van der Waals surface area contributed by atoms with Crippen molar-refractivity contribution in [1.82, 2.24) is 15.1 Å². The Kier molecular flexibility index (Phi) is 8.40. The number of benzene rings is 2. The number of rotatable bonds is 11. The molecule has 0 aliphatic carbocycles. The molecular formula is C26H30FN3O4. The minimum absolute atomic E-state index is 0.0831. The van der Waals surface area contributed by atoms with E-state index in [-0.39, 0.29) is 25.0 Å². The maximum atomic E-state index is 12.9. The molecule has 3 aromatic rings. The second-order valence-electron chi connectivity index (χ2n) is 8.25. The van der Waals surface area contributed by atoms with Gasteiger partial charge in [0.2, 0.25) is 0 Å². The molecule has 0 fully saturated rings. The summed E-state index contributed by atoms with van der Waals surface area (Å²) in [5, 5.41) is 15.6. The molecule has 0 saturated carbocycles. The molecule has 0 saturated heterocycles. The minimum Gasteiger partial charge on any atom is -0.486 e. The standard InChI is InChI=1S/C26H30FN3O4/c1-4-5-23(20-6-8-21(9-7-20)26(33)28-11-10-24(31)32)34-22-12-17(2)25(18(3)13-22)30-16-19(14-27)15-29-30/h6-9,12-13,15-16,23H,4-5,10-11,14H2,1-3H3,(H,28,33)(H,31,32)/t23-/m0/s1. The molecule has 1 aromatic heterocycles. The first-order valence-corrected chi connectivity index (χ1v) is 11.3. The van der Waals surface area contributed by atoms with E-state index < -0.39 is 12.6 Å².